The van der Waals surface area contributed by atoms with Crippen molar-refractivity contribution in [3.8, 4) is 0 Å². The second-order valence-electron chi connectivity index (χ2n) is 7.46. The molecule has 1 fully saturated rings. The van der Waals surface area contributed by atoms with E-state index in [-0.39, 0.29) is 11.3 Å². The Bertz CT molecular complexity index is 363. The number of nitrogens with zero attached hydrogens (tertiary/aromatic N) is 1. The second kappa shape index (κ2) is 7.95. The molecule has 1 unspecified atom stereocenters. The first-order valence-electron chi connectivity index (χ1n) is 8.05. The number of allylic oxidation sites excluding steroid dienone is 1. The molecule has 4 heteroatoms. The lowest BCUT2D eigenvalue weighted by Crippen LogP contribution is -2.42. The molecule has 1 rings (SSSR count). The monoisotopic (exact) mass is 296 g/mol. The zero-order valence-corrected chi connectivity index (χ0v) is 14.3. The molecule has 1 amide bonds. The van der Waals surface area contributed by atoms with Gasteiger partial charge in [0.15, 0.2) is 0 Å². The summed E-state index contributed by atoms with van der Waals surface area (Å²) in [6.45, 7) is 13.6. The molecule has 1 aliphatic rings. The average molecular weight is 296 g/mol. The molecule has 0 aromatic heterocycles. The first kappa shape index (κ1) is 18.2. The van der Waals surface area contributed by atoms with Crippen molar-refractivity contribution in [2.45, 2.75) is 53.6 Å². The van der Waals surface area contributed by atoms with Crippen LogP contribution in [0.5, 0.6) is 0 Å². The predicted molar refractivity (Wildman–Crippen MR) is 87.1 cm³/mol. The van der Waals surface area contributed by atoms with E-state index in [0.29, 0.717) is 13.1 Å². The maximum absolute atomic E-state index is 11.8. The molecule has 2 N–H and O–H groups in total. The summed E-state index contributed by atoms with van der Waals surface area (Å²) in [5.41, 5.74) is 1.04. The maximum Gasteiger partial charge on any atom is 0.244 e. The molecule has 0 aromatic rings. The third-order valence-corrected chi connectivity index (χ3v) is 4.39. The zero-order chi connectivity index (χ0) is 16.0. The average Bonchev–Trinajstić information content (AvgIpc) is 2.38. The summed E-state index contributed by atoms with van der Waals surface area (Å²) >= 11 is 0. The van der Waals surface area contributed by atoms with Gasteiger partial charge >= 0.3 is 0 Å². The van der Waals surface area contributed by atoms with Gasteiger partial charge < -0.3 is 15.3 Å². The molecule has 1 heterocycles. The van der Waals surface area contributed by atoms with Gasteiger partial charge in [-0.25, -0.2) is 0 Å². The summed E-state index contributed by atoms with van der Waals surface area (Å²) in [6, 6.07) is 0. The number of amides is 1. The summed E-state index contributed by atoms with van der Waals surface area (Å²) in [5, 5.41) is 12.8. The van der Waals surface area contributed by atoms with E-state index in [1.54, 1.807) is 6.08 Å². The molecule has 0 bridgehead atoms. The molecule has 1 saturated heterocycles. The maximum atomic E-state index is 11.8. The molecule has 1 aliphatic heterocycles. The van der Waals surface area contributed by atoms with Gasteiger partial charge in [-0.05, 0) is 44.2 Å². The van der Waals surface area contributed by atoms with E-state index in [9.17, 15) is 9.90 Å². The Labute approximate surface area is 129 Å². The van der Waals surface area contributed by atoms with Crippen molar-refractivity contribution < 1.29 is 9.90 Å². The molecule has 1 atom stereocenters. The van der Waals surface area contributed by atoms with Gasteiger partial charge in [0.1, 0.15) is 0 Å². The standard InChI is InChI=1S/C17H32N2O2/c1-13-6-8-19(9-7-13)12-15(20)11-18-16(21)10-14(2)17(3,4)5/h10,13,15,20H,6-9,11-12H2,1-5H3,(H,18,21)/b14-10-. The van der Waals surface area contributed by atoms with Gasteiger partial charge in [-0.2, -0.15) is 0 Å². The van der Waals surface area contributed by atoms with Crippen LogP contribution in [0.25, 0.3) is 0 Å². The van der Waals surface area contributed by atoms with Crippen LogP contribution in [0, 0.1) is 11.3 Å². The van der Waals surface area contributed by atoms with E-state index in [1.807, 2.05) is 6.92 Å². The van der Waals surface area contributed by atoms with Gasteiger partial charge in [0.25, 0.3) is 0 Å². The Morgan fingerprint density at radius 2 is 1.95 bits per heavy atom. The van der Waals surface area contributed by atoms with Crippen LogP contribution in [0.4, 0.5) is 0 Å². The Morgan fingerprint density at radius 1 is 1.38 bits per heavy atom. The van der Waals surface area contributed by atoms with E-state index in [0.717, 1.165) is 24.6 Å². The van der Waals surface area contributed by atoms with Gasteiger partial charge in [0, 0.05) is 19.2 Å². The lowest BCUT2D eigenvalue weighted by Gasteiger charge is -2.31. The number of aliphatic hydroxyl groups excluding tert-OH is 1. The van der Waals surface area contributed by atoms with Crippen LogP contribution in [-0.4, -0.2) is 48.2 Å². The fourth-order valence-electron chi connectivity index (χ4n) is 2.29. The number of hydrogen-bond acceptors (Lipinski definition) is 3. The Balaban J connectivity index is 2.29. The Kier molecular flexibility index (Phi) is 6.88. The molecule has 0 aromatic carbocycles. The summed E-state index contributed by atoms with van der Waals surface area (Å²) in [6.07, 6.45) is 3.54. The van der Waals surface area contributed by atoms with E-state index in [4.69, 9.17) is 0 Å². The fourth-order valence-corrected chi connectivity index (χ4v) is 2.29. The van der Waals surface area contributed by atoms with Gasteiger partial charge in [0.2, 0.25) is 5.91 Å². The van der Waals surface area contributed by atoms with Crippen LogP contribution in [0.3, 0.4) is 0 Å². The SMILES string of the molecule is C/C(=C/C(=O)NCC(O)CN1CCC(C)CC1)C(C)(C)C. The molecule has 0 spiro atoms. The molecule has 0 radical (unpaired) electrons. The fraction of sp³-hybridized carbons (Fsp3) is 0.824. The summed E-state index contributed by atoms with van der Waals surface area (Å²) in [4.78, 5) is 14.1. The molecule has 4 nitrogen and oxygen atoms in total. The highest BCUT2D eigenvalue weighted by Gasteiger charge is 2.19. The smallest absolute Gasteiger partial charge is 0.244 e. The third-order valence-electron chi connectivity index (χ3n) is 4.39. The highest BCUT2D eigenvalue weighted by Crippen LogP contribution is 2.23. The number of carbonyl (C=O) groups is 1. The highest BCUT2D eigenvalue weighted by atomic mass is 16.3. The number of piperidine rings is 1. The number of β-amino-alcohol motifs (C(OH)–C–C–N with tert-alkyl or cyclic N) is 1. The first-order chi connectivity index (χ1) is 9.68. The molecule has 122 valence electrons. The quantitative estimate of drug-likeness (QED) is 0.765. The number of carbonyl (C=O) groups excluding carboxylic acids is 1. The summed E-state index contributed by atoms with van der Waals surface area (Å²) in [7, 11) is 0. The highest BCUT2D eigenvalue weighted by molar-refractivity contribution is 5.88. The molecular weight excluding hydrogens is 264 g/mol. The van der Waals surface area contributed by atoms with Gasteiger partial charge in [-0.15, -0.1) is 0 Å². The molecule has 0 saturated carbocycles. The third kappa shape index (κ3) is 7.09. The number of rotatable bonds is 5. The Morgan fingerprint density at radius 3 is 2.48 bits per heavy atom. The molecule has 21 heavy (non-hydrogen) atoms. The largest absolute Gasteiger partial charge is 0.390 e. The first-order valence-corrected chi connectivity index (χ1v) is 8.05. The number of hydrogen-bond donors (Lipinski definition) is 2. The zero-order valence-electron chi connectivity index (χ0n) is 14.3. The molecular formula is C17H32N2O2. The minimum Gasteiger partial charge on any atom is -0.390 e. The van der Waals surface area contributed by atoms with Crippen LogP contribution in [0.2, 0.25) is 0 Å². The normalized spacial score (nSPS) is 20.4. The van der Waals surface area contributed by atoms with Crippen LogP contribution in [0.15, 0.2) is 11.6 Å². The van der Waals surface area contributed by atoms with Crippen LogP contribution >= 0.6 is 0 Å². The van der Waals surface area contributed by atoms with Crippen molar-refractivity contribution in [2.75, 3.05) is 26.2 Å². The minimum absolute atomic E-state index is 0.000447. The Hall–Kier alpha value is -0.870. The lowest BCUT2D eigenvalue weighted by molar-refractivity contribution is -0.117. The lowest BCUT2D eigenvalue weighted by atomic mass is 9.87. The van der Waals surface area contributed by atoms with Gasteiger partial charge in [-0.1, -0.05) is 33.3 Å². The second-order valence-corrected chi connectivity index (χ2v) is 7.46. The van der Waals surface area contributed by atoms with E-state index in [2.05, 4.69) is 37.9 Å². The van der Waals surface area contributed by atoms with Crippen LogP contribution < -0.4 is 5.32 Å². The van der Waals surface area contributed by atoms with Crippen molar-refractivity contribution in [2.24, 2.45) is 11.3 Å². The van der Waals surface area contributed by atoms with E-state index in [1.165, 1.54) is 12.8 Å². The van der Waals surface area contributed by atoms with Crippen molar-refractivity contribution in [1.29, 1.82) is 0 Å². The molecule has 0 aliphatic carbocycles. The van der Waals surface area contributed by atoms with Crippen molar-refractivity contribution in [1.82, 2.24) is 10.2 Å². The van der Waals surface area contributed by atoms with Gasteiger partial charge in [0.05, 0.1) is 6.10 Å². The van der Waals surface area contributed by atoms with E-state index < -0.39 is 6.10 Å². The number of nitrogens with one attached hydrogen (secondary N) is 1. The van der Waals surface area contributed by atoms with E-state index >= 15 is 0 Å². The van der Waals surface area contributed by atoms with Crippen molar-refractivity contribution in [3.63, 3.8) is 0 Å². The van der Waals surface area contributed by atoms with Gasteiger partial charge in [-0.3, -0.25) is 4.79 Å². The summed E-state index contributed by atoms with van der Waals surface area (Å²) in [5.74, 6) is 0.678. The minimum atomic E-state index is -0.495. The van der Waals surface area contributed by atoms with Crippen LogP contribution in [-0.2, 0) is 4.79 Å². The number of aliphatic hydroxyl groups is 1. The topological polar surface area (TPSA) is 52.6 Å². The van der Waals surface area contributed by atoms with Crippen molar-refractivity contribution >= 4 is 5.91 Å². The van der Waals surface area contributed by atoms with Crippen molar-refractivity contribution in [3.05, 3.63) is 11.6 Å². The predicted octanol–water partition coefficient (Wildman–Crippen LogP) is 2.19. The summed E-state index contributed by atoms with van der Waals surface area (Å²) < 4.78 is 0. The number of likely N-dealkylation sites (tertiary alicyclic amines) is 1. The van der Waals surface area contributed by atoms with Crippen LogP contribution in [0.1, 0.15) is 47.5 Å².